The van der Waals surface area contributed by atoms with Crippen molar-refractivity contribution in [3.63, 3.8) is 0 Å². The maximum Gasteiger partial charge on any atom is 0.480 e. The smallest absolute Gasteiger partial charge is 0.402 e. The highest BCUT2D eigenvalue weighted by Gasteiger charge is 2.53. The number of H-pyrrole nitrogens is 1. The number of aromatic nitrogens is 1. The molecule has 0 amide bonds. The van der Waals surface area contributed by atoms with Gasteiger partial charge in [-0.2, -0.15) is 0 Å². The minimum atomic E-state index is -0.437. The third-order valence-electron chi connectivity index (χ3n) is 4.84. The molecule has 0 unspecified atom stereocenters. The summed E-state index contributed by atoms with van der Waals surface area (Å²) < 4.78 is 12.2. The third-order valence-corrected chi connectivity index (χ3v) is 4.84. The molecule has 4 nitrogen and oxygen atoms in total. The molecule has 21 heavy (non-hydrogen) atoms. The lowest BCUT2D eigenvalue weighted by Gasteiger charge is -2.32. The number of para-hydroxylation sites is 1. The van der Waals surface area contributed by atoms with Gasteiger partial charge in [0.05, 0.1) is 17.1 Å². The van der Waals surface area contributed by atoms with Crippen LogP contribution in [0.25, 0.3) is 10.9 Å². The Kier molecular flexibility index (Phi) is 3.21. The van der Waals surface area contributed by atoms with Gasteiger partial charge in [-0.25, -0.2) is 0 Å². The number of nitrogens with two attached hydrogens (primary N) is 1. The van der Waals surface area contributed by atoms with Crippen molar-refractivity contribution in [2.75, 3.05) is 0 Å². The van der Waals surface area contributed by atoms with Crippen LogP contribution in [0.1, 0.15) is 44.9 Å². The van der Waals surface area contributed by atoms with E-state index in [-0.39, 0.29) is 17.1 Å². The Hall–Kier alpha value is -1.30. The molecule has 1 saturated heterocycles. The standard InChI is InChI=1S/C16H23BN2O2/c1-10-13(11-8-6-7-9-12(11)19-10)14(18)17-20-15(2,3)16(4,5)21-17/h6-9,14,19H,18H2,1-5H3/t14-/m0/s1. The van der Waals surface area contributed by atoms with Crippen molar-refractivity contribution in [1.29, 1.82) is 0 Å². The highest BCUT2D eigenvalue weighted by molar-refractivity contribution is 6.47. The fraction of sp³-hybridized carbons (Fsp3) is 0.500. The highest BCUT2D eigenvalue weighted by Crippen LogP contribution is 2.41. The molecule has 3 N–H and O–H groups in total. The summed E-state index contributed by atoms with van der Waals surface area (Å²) >= 11 is 0. The molecular formula is C16H23BN2O2. The Labute approximate surface area is 126 Å². The van der Waals surface area contributed by atoms with Gasteiger partial charge in [-0.3, -0.25) is 0 Å². The van der Waals surface area contributed by atoms with E-state index in [1.165, 1.54) is 0 Å². The number of benzene rings is 1. The van der Waals surface area contributed by atoms with Crippen LogP contribution in [0.2, 0.25) is 0 Å². The summed E-state index contributed by atoms with van der Waals surface area (Å²) in [7, 11) is -0.437. The first-order chi connectivity index (χ1) is 9.73. The van der Waals surface area contributed by atoms with E-state index in [1.54, 1.807) is 0 Å². The molecule has 5 heteroatoms. The average Bonchev–Trinajstić information content (AvgIpc) is 2.82. The van der Waals surface area contributed by atoms with Crippen molar-refractivity contribution < 1.29 is 9.31 Å². The fourth-order valence-electron chi connectivity index (χ4n) is 2.90. The average molecular weight is 286 g/mol. The lowest BCUT2D eigenvalue weighted by Crippen LogP contribution is -2.41. The molecule has 0 aliphatic carbocycles. The van der Waals surface area contributed by atoms with Crippen molar-refractivity contribution in [2.45, 2.75) is 51.8 Å². The predicted molar refractivity (Wildman–Crippen MR) is 86.0 cm³/mol. The van der Waals surface area contributed by atoms with Gasteiger partial charge in [-0.1, -0.05) is 18.2 Å². The number of rotatable bonds is 2. The molecule has 112 valence electrons. The highest BCUT2D eigenvalue weighted by atomic mass is 16.7. The van der Waals surface area contributed by atoms with Crippen molar-refractivity contribution in [1.82, 2.24) is 4.98 Å². The molecule has 0 spiro atoms. The van der Waals surface area contributed by atoms with Gasteiger partial charge in [0, 0.05) is 16.6 Å². The van der Waals surface area contributed by atoms with Gasteiger partial charge in [-0.15, -0.1) is 0 Å². The first-order valence-corrected chi connectivity index (χ1v) is 7.41. The van der Waals surface area contributed by atoms with Gasteiger partial charge in [0.25, 0.3) is 0 Å². The van der Waals surface area contributed by atoms with E-state index in [0.29, 0.717) is 0 Å². The molecule has 1 aromatic heterocycles. The van der Waals surface area contributed by atoms with E-state index in [9.17, 15) is 0 Å². The second kappa shape index (κ2) is 4.60. The SMILES string of the molecule is Cc1[nH]c2ccccc2c1[C@H](N)B1OC(C)(C)C(C)(C)O1. The molecule has 1 fully saturated rings. The zero-order valence-corrected chi connectivity index (χ0v) is 13.4. The summed E-state index contributed by atoms with van der Waals surface area (Å²) in [6.45, 7) is 10.2. The van der Waals surface area contributed by atoms with Gasteiger partial charge < -0.3 is 20.0 Å². The second-order valence-electron chi connectivity index (χ2n) is 6.86. The Morgan fingerprint density at radius 3 is 2.29 bits per heavy atom. The summed E-state index contributed by atoms with van der Waals surface area (Å²) in [6, 6.07) is 8.18. The zero-order valence-electron chi connectivity index (χ0n) is 13.4. The Balaban J connectivity index is 1.99. The maximum absolute atomic E-state index is 6.48. The third kappa shape index (κ3) is 2.20. The van der Waals surface area contributed by atoms with Gasteiger partial charge in [-0.05, 0) is 46.2 Å². The molecule has 2 aromatic rings. The summed E-state index contributed by atoms with van der Waals surface area (Å²) in [5.41, 5.74) is 8.99. The maximum atomic E-state index is 6.48. The first-order valence-electron chi connectivity index (χ1n) is 7.41. The Bertz CT molecular complexity index is 662. The number of hydrogen-bond donors (Lipinski definition) is 2. The molecule has 1 aromatic carbocycles. The number of hydrogen-bond acceptors (Lipinski definition) is 3. The van der Waals surface area contributed by atoms with Crippen LogP contribution in [0.15, 0.2) is 24.3 Å². The summed E-state index contributed by atoms with van der Waals surface area (Å²) in [5, 5.41) is 1.14. The van der Waals surface area contributed by atoms with Crippen LogP contribution in [0.3, 0.4) is 0 Å². The van der Waals surface area contributed by atoms with Crippen LogP contribution in [0.5, 0.6) is 0 Å². The van der Waals surface area contributed by atoms with E-state index in [2.05, 4.69) is 17.1 Å². The topological polar surface area (TPSA) is 60.3 Å². The fourth-order valence-corrected chi connectivity index (χ4v) is 2.90. The van der Waals surface area contributed by atoms with E-state index in [1.807, 2.05) is 46.8 Å². The molecule has 0 radical (unpaired) electrons. The molecule has 1 aliphatic rings. The summed E-state index contributed by atoms with van der Waals surface area (Å²) in [5.74, 6) is -0.317. The van der Waals surface area contributed by atoms with Crippen molar-refractivity contribution >= 4 is 18.0 Å². The minimum absolute atomic E-state index is 0.317. The molecule has 2 heterocycles. The minimum Gasteiger partial charge on any atom is -0.402 e. The number of aryl methyl sites for hydroxylation is 1. The molecule has 0 saturated carbocycles. The van der Waals surface area contributed by atoms with Crippen molar-refractivity contribution in [3.8, 4) is 0 Å². The normalized spacial score (nSPS) is 21.9. The monoisotopic (exact) mass is 286 g/mol. The van der Waals surface area contributed by atoms with Gasteiger partial charge >= 0.3 is 7.12 Å². The quantitative estimate of drug-likeness (QED) is 0.834. The predicted octanol–water partition coefficient (Wildman–Crippen LogP) is 3.11. The molecular weight excluding hydrogens is 263 g/mol. The van der Waals surface area contributed by atoms with Crippen LogP contribution in [-0.4, -0.2) is 23.3 Å². The largest absolute Gasteiger partial charge is 0.480 e. The first kappa shape index (κ1) is 14.6. The molecule has 3 rings (SSSR count). The van der Waals surface area contributed by atoms with E-state index < -0.39 is 7.12 Å². The second-order valence-corrected chi connectivity index (χ2v) is 6.86. The van der Waals surface area contributed by atoms with Crippen molar-refractivity contribution in [2.24, 2.45) is 5.73 Å². The lowest BCUT2D eigenvalue weighted by atomic mass is 9.74. The summed E-state index contributed by atoms with van der Waals surface area (Å²) in [6.07, 6.45) is 0. The number of fused-ring (bicyclic) bond motifs is 1. The zero-order chi connectivity index (χ0) is 15.4. The number of aromatic amines is 1. The van der Waals surface area contributed by atoms with Crippen LogP contribution in [0.4, 0.5) is 0 Å². The van der Waals surface area contributed by atoms with Crippen LogP contribution < -0.4 is 5.73 Å². The van der Waals surface area contributed by atoms with Gasteiger partial charge in [0.1, 0.15) is 0 Å². The number of nitrogens with one attached hydrogen (secondary N) is 1. The summed E-state index contributed by atoms with van der Waals surface area (Å²) in [4.78, 5) is 3.38. The van der Waals surface area contributed by atoms with Gasteiger partial charge in [0.15, 0.2) is 0 Å². The molecule has 0 bridgehead atoms. The van der Waals surface area contributed by atoms with Crippen LogP contribution >= 0.6 is 0 Å². The Morgan fingerprint density at radius 1 is 1.10 bits per heavy atom. The van der Waals surface area contributed by atoms with E-state index in [4.69, 9.17) is 15.0 Å². The Morgan fingerprint density at radius 2 is 1.67 bits per heavy atom. The molecule has 1 aliphatic heterocycles. The van der Waals surface area contributed by atoms with E-state index in [0.717, 1.165) is 22.2 Å². The van der Waals surface area contributed by atoms with Crippen molar-refractivity contribution in [3.05, 3.63) is 35.5 Å². The lowest BCUT2D eigenvalue weighted by molar-refractivity contribution is 0.00578. The van der Waals surface area contributed by atoms with Gasteiger partial charge in [0.2, 0.25) is 0 Å². The van der Waals surface area contributed by atoms with E-state index >= 15 is 0 Å². The molecule has 1 atom stereocenters. The van der Waals surface area contributed by atoms with Crippen LogP contribution in [0, 0.1) is 6.92 Å². The van der Waals surface area contributed by atoms with Crippen LogP contribution in [-0.2, 0) is 9.31 Å².